The van der Waals surface area contributed by atoms with Crippen LogP contribution in [0.2, 0.25) is 0 Å². The van der Waals surface area contributed by atoms with Crippen molar-refractivity contribution in [2.75, 3.05) is 0 Å². The van der Waals surface area contributed by atoms with E-state index in [-0.39, 0.29) is 0 Å². The first-order valence-corrected chi connectivity index (χ1v) is 22.7. The Labute approximate surface area is 103 Å². The zero-order valence-electron chi connectivity index (χ0n) is 6.76. The molecule has 14 heavy (non-hydrogen) atoms. The van der Waals surface area contributed by atoms with Gasteiger partial charge in [0.1, 0.15) is 0 Å². The van der Waals surface area contributed by atoms with Gasteiger partial charge in [0.05, 0.1) is 0 Å². The molecule has 0 heterocycles. The molecule has 0 saturated heterocycles. The molecule has 0 amide bonds. The van der Waals surface area contributed by atoms with Crippen LogP contribution in [0, 0.1) is 0 Å². The summed E-state index contributed by atoms with van der Waals surface area (Å²) in [5.74, 6) is 0. The molecule has 0 nitrogen and oxygen atoms in total. The maximum absolute atomic E-state index is 5.42. The van der Waals surface area contributed by atoms with Crippen molar-refractivity contribution in [1.29, 1.82) is 0 Å². The second kappa shape index (κ2) is 4.88. The molecule has 0 atom stereocenters. The monoisotopic (exact) mass is 422 g/mol. The number of rotatable bonds is 0. The maximum Gasteiger partial charge on any atom is 0.0467 e. The first-order chi connectivity index (χ1) is 5.95. The van der Waals surface area contributed by atoms with E-state index in [1.165, 1.54) is 0 Å². The Morgan fingerprint density at radius 1 is 0.643 bits per heavy atom. The second-order valence-corrected chi connectivity index (χ2v) is 59.2. The van der Waals surface area contributed by atoms with Gasteiger partial charge in [0, 0.05) is 42.5 Å². The Bertz CT molecular complexity index is 231. The van der Waals surface area contributed by atoms with Crippen LogP contribution in [0.1, 0.15) is 0 Å². The van der Waals surface area contributed by atoms with Gasteiger partial charge >= 0.3 is 62.1 Å². The number of hydrogen-bond acceptors (Lipinski definition) is 0. The Balaban J connectivity index is 0.000000241. The molecular weight excluding hydrogens is 419 g/mol. The van der Waals surface area contributed by atoms with Crippen LogP contribution >= 0.6 is 53.0 Å². The summed E-state index contributed by atoms with van der Waals surface area (Å²) in [4.78, 5) is 0. The first kappa shape index (κ1) is 15.6. The van der Waals surface area contributed by atoms with Gasteiger partial charge in [-0.2, -0.15) is 0 Å². The maximum atomic E-state index is 5.06. The molecule has 82 valence electrons. The molecule has 0 fully saturated rings. The number of hydrogen-bond donors (Lipinski definition) is 0. The first-order valence-electron chi connectivity index (χ1n) is 3.35. The van der Waals surface area contributed by atoms with Crippen LogP contribution < -0.4 is 0 Å². The SMILES string of the molecule is [Cl][Sb-]([Cl])([Cl])([Cl])([Cl])[Cl].c1ccc[cH+]cc1. The Morgan fingerprint density at radius 2 is 0.929 bits per heavy atom. The quantitative estimate of drug-likeness (QED) is 0.368. The van der Waals surface area contributed by atoms with Crippen LogP contribution in [-0.2, 0) is 0 Å². The molecule has 0 aliphatic heterocycles. The molecule has 0 aromatic heterocycles. The standard InChI is InChI=1S/C7H7.6ClH.Sb/c1-2-4-6-7-5-3-1;;;;;;;/h1-7H;6*1H;/q+1;;;;;;;+5/p-6. The topological polar surface area (TPSA) is 0 Å². The Morgan fingerprint density at radius 3 is 1.21 bits per heavy atom. The van der Waals surface area contributed by atoms with Gasteiger partial charge < -0.3 is 0 Å². The van der Waals surface area contributed by atoms with E-state index in [2.05, 4.69) is 0 Å². The third-order valence-corrected chi connectivity index (χ3v) is 0.778. The van der Waals surface area contributed by atoms with Crippen molar-refractivity contribution in [3.63, 3.8) is 0 Å². The molecule has 1 rings (SSSR count). The van der Waals surface area contributed by atoms with Crippen molar-refractivity contribution < 1.29 is 0 Å². The normalized spacial score (nSPS) is 15.6. The van der Waals surface area contributed by atoms with Gasteiger partial charge in [-0.1, -0.05) is 0 Å². The van der Waals surface area contributed by atoms with Crippen LogP contribution in [-0.4, -0.2) is 9.14 Å². The van der Waals surface area contributed by atoms with Crippen molar-refractivity contribution >= 4 is 62.1 Å². The fourth-order valence-electron chi connectivity index (χ4n) is 0.449. The molecule has 0 bridgehead atoms. The molecule has 1 aromatic carbocycles. The van der Waals surface area contributed by atoms with Crippen molar-refractivity contribution in [2.24, 2.45) is 0 Å². The van der Waals surface area contributed by atoms with Gasteiger partial charge in [-0.05, 0) is 0 Å². The molecular formula is C7H7Cl6Sb. The van der Waals surface area contributed by atoms with Crippen molar-refractivity contribution in [2.45, 2.75) is 0 Å². The van der Waals surface area contributed by atoms with E-state index in [4.69, 9.17) is 53.0 Å². The molecule has 0 N–H and O–H groups in total. The predicted molar refractivity (Wildman–Crippen MR) is 71.7 cm³/mol. The summed E-state index contributed by atoms with van der Waals surface area (Å²) in [6, 6.07) is 14.0. The zero-order chi connectivity index (χ0) is 11.4. The van der Waals surface area contributed by atoms with Gasteiger partial charge in [0.25, 0.3) is 0 Å². The summed E-state index contributed by atoms with van der Waals surface area (Å²) >= 11 is 0. The Kier molecular flexibility index (Phi) is 5.45. The minimum Gasteiger partial charge on any atom is 0.00641 e. The fourth-order valence-corrected chi connectivity index (χ4v) is 0.449. The summed E-state index contributed by atoms with van der Waals surface area (Å²) in [6.45, 7) is 0. The van der Waals surface area contributed by atoms with E-state index in [1.54, 1.807) is 0 Å². The summed E-state index contributed by atoms with van der Waals surface area (Å²) in [7, 11) is 25.0. The Hall–Kier alpha value is 1.65. The van der Waals surface area contributed by atoms with Crippen LogP contribution in [0.15, 0.2) is 42.5 Å². The smallest absolute Gasteiger partial charge is 0.00641 e. The minimum absolute atomic E-state index is 2.00. The van der Waals surface area contributed by atoms with Crippen LogP contribution in [0.25, 0.3) is 0 Å². The minimum atomic E-state index is -5.42. The van der Waals surface area contributed by atoms with Gasteiger partial charge in [0.2, 0.25) is 0 Å². The van der Waals surface area contributed by atoms with E-state index in [9.17, 15) is 0 Å². The van der Waals surface area contributed by atoms with Crippen molar-refractivity contribution in [3.8, 4) is 0 Å². The van der Waals surface area contributed by atoms with Gasteiger partial charge in [-0.15, -0.1) is 0 Å². The second-order valence-electron chi connectivity index (χ2n) is 2.31. The zero-order valence-corrected chi connectivity index (χ0v) is 13.8. The van der Waals surface area contributed by atoms with E-state index in [0.29, 0.717) is 0 Å². The molecule has 0 unspecified atom stereocenters. The van der Waals surface area contributed by atoms with Gasteiger partial charge in [-0.3, -0.25) is 0 Å². The van der Waals surface area contributed by atoms with Crippen LogP contribution in [0.3, 0.4) is 0 Å². The number of halogens is 6. The summed E-state index contributed by atoms with van der Waals surface area (Å²) in [6.07, 6.45) is 0. The summed E-state index contributed by atoms with van der Waals surface area (Å²) in [5, 5.41) is 0. The molecule has 0 saturated carbocycles. The summed E-state index contributed by atoms with van der Waals surface area (Å²) in [5.41, 5.74) is 0. The van der Waals surface area contributed by atoms with Gasteiger partial charge in [-0.25, -0.2) is 0 Å². The molecule has 0 radical (unpaired) electrons. The summed E-state index contributed by atoms with van der Waals surface area (Å²) < 4.78 is 0. The average Bonchev–Trinajstić information content (AvgIpc) is 2.06. The van der Waals surface area contributed by atoms with Crippen LogP contribution in [0.4, 0.5) is 0 Å². The average molecular weight is 426 g/mol. The van der Waals surface area contributed by atoms with E-state index in [1.807, 2.05) is 42.5 Å². The van der Waals surface area contributed by atoms with E-state index in [0.717, 1.165) is 0 Å². The van der Waals surface area contributed by atoms with Crippen molar-refractivity contribution in [1.82, 2.24) is 0 Å². The fraction of sp³-hybridized carbons (Fsp3) is 0. The molecule has 7 heteroatoms. The molecule has 0 spiro atoms. The van der Waals surface area contributed by atoms with E-state index < -0.39 is 9.14 Å². The third kappa shape index (κ3) is 29.2. The largest absolute Gasteiger partial charge is 0.0467 e. The van der Waals surface area contributed by atoms with Crippen LogP contribution in [0.5, 0.6) is 0 Å². The predicted octanol–water partition coefficient (Wildman–Crippen LogP) is 5.72. The van der Waals surface area contributed by atoms with Gasteiger partial charge in [0.15, 0.2) is 0 Å². The van der Waals surface area contributed by atoms with Crippen molar-refractivity contribution in [3.05, 3.63) is 42.5 Å². The molecule has 0 aliphatic rings. The third-order valence-electron chi connectivity index (χ3n) is 0.778. The molecule has 0 aliphatic carbocycles. The van der Waals surface area contributed by atoms with E-state index >= 15 is 0 Å². The molecule has 1 aromatic rings.